The number of furan rings is 1. The summed E-state index contributed by atoms with van der Waals surface area (Å²) in [6.45, 7) is 0. The second kappa shape index (κ2) is 13.0. The number of carboxylic acids is 1. The van der Waals surface area contributed by atoms with Crippen LogP contribution in [0.25, 0.3) is 6.08 Å². The van der Waals surface area contributed by atoms with Gasteiger partial charge < -0.3 is 30.6 Å². The van der Waals surface area contributed by atoms with E-state index in [1.807, 2.05) is 0 Å². The second-order valence-corrected chi connectivity index (χ2v) is 9.30. The minimum atomic E-state index is -1.32. The fourth-order valence-corrected chi connectivity index (χ4v) is 4.21. The first-order valence-electron chi connectivity index (χ1n) is 11.8. The van der Waals surface area contributed by atoms with Gasteiger partial charge in [0.2, 0.25) is 5.91 Å². The number of nitrogens with one attached hydrogen (secondary N) is 3. The van der Waals surface area contributed by atoms with Gasteiger partial charge in [-0.2, -0.15) is 0 Å². The molecule has 0 bridgehead atoms. The van der Waals surface area contributed by atoms with E-state index in [0.29, 0.717) is 21.9 Å². The number of thioether (sulfide) groups is 1. The molecular formula is C29H23N3O7S. The van der Waals surface area contributed by atoms with Crippen molar-refractivity contribution in [3.8, 4) is 5.75 Å². The summed E-state index contributed by atoms with van der Waals surface area (Å²) in [6, 6.07) is 22.3. The molecule has 10 nitrogen and oxygen atoms in total. The van der Waals surface area contributed by atoms with Crippen molar-refractivity contribution >= 4 is 52.9 Å². The predicted molar refractivity (Wildman–Crippen MR) is 150 cm³/mol. The van der Waals surface area contributed by atoms with Crippen LogP contribution in [0.4, 0.5) is 11.4 Å². The van der Waals surface area contributed by atoms with E-state index in [1.165, 1.54) is 42.3 Å². The van der Waals surface area contributed by atoms with Crippen molar-refractivity contribution in [1.82, 2.24) is 5.32 Å². The van der Waals surface area contributed by atoms with Gasteiger partial charge in [0.15, 0.2) is 0 Å². The van der Waals surface area contributed by atoms with Gasteiger partial charge in [-0.1, -0.05) is 24.3 Å². The molecule has 0 fully saturated rings. The maximum absolute atomic E-state index is 13.1. The quantitative estimate of drug-likeness (QED) is 0.105. The number of phenols is 1. The molecule has 1 aromatic heterocycles. The van der Waals surface area contributed by atoms with E-state index in [2.05, 4.69) is 16.0 Å². The van der Waals surface area contributed by atoms with Crippen LogP contribution in [0.5, 0.6) is 5.75 Å². The molecule has 4 aromatic rings. The zero-order valence-corrected chi connectivity index (χ0v) is 21.6. The molecule has 11 heteroatoms. The summed E-state index contributed by atoms with van der Waals surface area (Å²) in [4.78, 5) is 50.1. The molecule has 40 heavy (non-hydrogen) atoms. The van der Waals surface area contributed by atoms with Crippen LogP contribution in [0.1, 0.15) is 26.5 Å². The molecule has 3 amide bonds. The first-order valence-corrected chi connectivity index (χ1v) is 12.8. The summed E-state index contributed by atoms with van der Waals surface area (Å²) in [5.41, 5.74) is 0.684. The Morgan fingerprint density at radius 3 is 2.35 bits per heavy atom. The third kappa shape index (κ3) is 7.62. The Labute approximate surface area is 232 Å². The van der Waals surface area contributed by atoms with E-state index < -0.39 is 29.4 Å². The van der Waals surface area contributed by atoms with E-state index in [9.17, 15) is 24.3 Å². The Bertz CT molecular complexity index is 1570. The highest BCUT2D eigenvalue weighted by atomic mass is 32.2. The average molecular weight is 558 g/mol. The molecule has 3 aromatic carbocycles. The van der Waals surface area contributed by atoms with Crippen molar-refractivity contribution in [2.24, 2.45) is 0 Å². The lowest BCUT2D eigenvalue weighted by atomic mass is 10.2. The number of aromatic hydroxyl groups is 1. The molecule has 0 atom stereocenters. The van der Waals surface area contributed by atoms with Crippen LogP contribution in [0.2, 0.25) is 0 Å². The molecule has 4 rings (SSSR count). The van der Waals surface area contributed by atoms with Gasteiger partial charge in [0.1, 0.15) is 22.8 Å². The SMILES string of the molecule is O=C(CSc1cccc(NC(=O)/C(=C/c2ccco2)NC(=O)c2ccccc2)c1)Nc1ccc(O)c(C(=O)O)c1. The van der Waals surface area contributed by atoms with Crippen LogP contribution in [0.3, 0.4) is 0 Å². The van der Waals surface area contributed by atoms with E-state index in [0.717, 1.165) is 0 Å². The zero-order valence-electron chi connectivity index (χ0n) is 20.8. The molecular weight excluding hydrogens is 534 g/mol. The van der Waals surface area contributed by atoms with Gasteiger partial charge in [-0.25, -0.2) is 4.79 Å². The first-order chi connectivity index (χ1) is 19.3. The number of carbonyl (C=O) groups is 4. The predicted octanol–water partition coefficient (Wildman–Crippen LogP) is 4.82. The molecule has 0 spiro atoms. The van der Waals surface area contributed by atoms with Crippen LogP contribution in [0.15, 0.2) is 106 Å². The van der Waals surface area contributed by atoms with Crippen molar-refractivity contribution in [1.29, 1.82) is 0 Å². The molecule has 0 aliphatic heterocycles. The van der Waals surface area contributed by atoms with Gasteiger partial charge >= 0.3 is 5.97 Å². The van der Waals surface area contributed by atoms with Crippen LogP contribution in [0, 0.1) is 0 Å². The Kier molecular flexibility index (Phi) is 9.00. The maximum atomic E-state index is 13.1. The van der Waals surface area contributed by atoms with Crippen molar-refractivity contribution in [3.05, 3.63) is 114 Å². The molecule has 0 aliphatic carbocycles. The smallest absolute Gasteiger partial charge is 0.339 e. The first kappa shape index (κ1) is 27.7. The van der Waals surface area contributed by atoms with Gasteiger partial charge in [-0.05, 0) is 60.7 Å². The fraction of sp³-hybridized carbons (Fsp3) is 0.0345. The molecule has 5 N–H and O–H groups in total. The van der Waals surface area contributed by atoms with E-state index in [-0.39, 0.29) is 22.7 Å². The largest absolute Gasteiger partial charge is 0.507 e. The molecule has 0 radical (unpaired) electrons. The van der Waals surface area contributed by atoms with Crippen molar-refractivity contribution in [2.75, 3.05) is 16.4 Å². The highest BCUT2D eigenvalue weighted by Crippen LogP contribution is 2.24. The monoisotopic (exact) mass is 557 g/mol. The molecule has 202 valence electrons. The van der Waals surface area contributed by atoms with Crippen LogP contribution >= 0.6 is 11.8 Å². The molecule has 0 unspecified atom stereocenters. The number of carboxylic acid groups (broad SMARTS) is 1. The van der Waals surface area contributed by atoms with Crippen molar-refractivity contribution in [2.45, 2.75) is 4.90 Å². The topological polar surface area (TPSA) is 158 Å². The standard InChI is InChI=1S/C29H23N3O7S/c33-25-12-11-20(15-23(25)29(37)38)30-26(34)17-40-22-10-4-8-19(14-22)31-28(36)24(16-21-9-5-13-39-21)32-27(35)18-6-2-1-3-7-18/h1-16,33H,17H2,(H,30,34)(H,31,36)(H,32,35)(H,37,38)/b24-16-. The minimum Gasteiger partial charge on any atom is -0.507 e. The summed E-state index contributed by atoms with van der Waals surface area (Å²) < 4.78 is 5.30. The molecule has 0 saturated heterocycles. The Morgan fingerprint density at radius 2 is 1.62 bits per heavy atom. The van der Waals surface area contributed by atoms with Crippen LogP contribution < -0.4 is 16.0 Å². The number of carbonyl (C=O) groups excluding carboxylic acids is 3. The van der Waals surface area contributed by atoms with E-state index in [1.54, 1.807) is 66.7 Å². The van der Waals surface area contributed by atoms with Crippen LogP contribution in [-0.2, 0) is 9.59 Å². The van der Waals surface area contributed by atoms with Gasteiger partial charge in [0.25, 0.3) is 11.8 Å². The van der Waals surface area contributed by atoms with Gasteiger partial charge in [0, 0.05) is 27.9 Å². The molecule has 1 heterocycles. The number of amides is 3. The molecule has 0 aliphatic rings. The van der Waals surface area contributed by atoms with Crippen molar-refractivity contribution in [3.63, 3.8) is 0 Å². The maximum Gasteiger partial charge on any atom is 0.339 e. The van der Waals surface area contributed by atoms with E-state index >= 15 is 0 Å². The number of aromatic carboxylic acids is 1. The zero-order chi connectivity index (χ0) is 28.5. The summed E-state index contributed by atoms with van der Waals surface area (Å²) in [5.74, 6) is -2.79. The fourth-order valence-electron chi connectivity index (χ4n) is 3.45. The Hall–Kier alpha value is -5.29. The van der Waals surface area contributed by atoms with Crippen LogP contribution in [-0.4, -0.2) is 39.7 Å². The van der Waals surface area contributed by atoms with E-state index in [4.69, 9.17) is 9.52 Å². The minimum absolute atomic E-state index is 0.00252. The second-order valence-electron chi connectivity index (χ2n) is 8.25. The Morgan fingerprint density at radius 1 is 0.850 bits per heavy atom. The summed E-state index contributed by atoms with van der Waals surface area (Å²) in [5, 5.41) is 26.7. The number of hydrogen-bond donors (Lipinski definition) is 5. The number of hydrogen-bond acceptors (Lipinski definition) is 7. The lowest BCUT2D eigenvalue weighted by molar-refractivity contribution is -0.114. The van der Waals surface area contributed by atoms with Gasteiger partial charge in [-0.3, -0.25) is 14.4 Å². The van der Waals surface area contributed by atoms with Crippen molar-refractivity contribution < 1.29 is 33.8 Å². The number of rotatable bonds is 10. The number of anilines is 2. The van der Waals surface area contributed by atoms with Gasteiger partial charge in [0.05, 0.1) is 12.0 Å². The number of benzene rings is 3. The third-order valence-electron chi connectivity index (χ3n) is 5.33. The average Bonchev–Trinajstić information content (AvgIpc) is 3.46. The summed E-state index contributed by atoms with van der Waals surface area (Å²) >= 11 is 1.19. The molecule has 0 saturated carbocycles. The van der Waals surface area contributed by atoms with Gasteiger partial charge in [-0.15, -0.1) is 11.8 Å². The highest BCUT2D eigenvalue weighted by molar-refractivity contribution is 8.00. The summed E-state index contributed by atoms with van der Waals surface area (Å²) in [7, 11) is 0. The summed E-state index contributed by atoms with van der Waals surface area (Å²) in [6.07, 6.45) is 2.86. The third-order valence-corrected chi connectivity index (χ3v) is 6.32. The lowest BCUT2D eigenvalue weighted by Crippen LogP contribution is -2.30. The lowest BCUT2D eigenvalue weighted by Gasteiger charge is -2.12. The normalized spacial score (nSPS) is 10.9. The Balaban J connectivity index is 1.40. The highest BCUT2D eigenvalue weighted by Gasteiger charge is 2.16.